The molecule has 1 heterocycles. The van der Waals surface area contributed by atoms with Crippen LogP contribution in [0.3, 0.4) is 0 Å². The van der Waals surface area contributed by atoms with Crippen LogP contribution in [0.25, 0.3) is 0 Å². The Morgan fingerprint density at radius 1 is 1.53 bits per heavy atom. The summed E-state index contributed by atoms with van der Waals surface area (Å²) < 4.78 is 10.2. The third-order valence-electron chi connectivity index (χ3n) is 2.96. The van der Waals surface area contributed by atoms with E-state index in [9.17, 15) is 4.79 Å². The summed E-state index contributed by atoms with van der Waals surface area (Å²) in [6, 6.07) is 8.05. The Morgan fingerprint density at radius 2 is 2.29 bits per heavy atom. The first kappa shape index (κ1) is 11.9. The van der Waals surface area contributed by atoms with Crippen LogP contribution >= 0.6 is 0 Å². The van der Waals surface area contributed by atoms with Gasteiger partial charge in [-0.25, -0.2) is 0 Å². The van der Waals surface area contributed by atoms with Gasteiger partial charge in [-0.2, -0.15) is 0 Å². The van der Waals surface area contributed by atoms with Gasteiger partial charge in [-0.1, -0.05) is 18.2 Å². The highest BCUT2D eigenvalue weighted by Crippen LogP contribution is 2.33. The third-order valence-corrected chi connectivity index (χ3v) is 2.96. The molecule has 0 aromatic heterocycles. The number of rotatable bonds is 4. The second kappa shape index (κ2) is 5.19. The normalized spacial score (nSPS) is 17.7. The van der Waals surface area contributed by atoms with Crippen LogP contribution in [0.1, 0.15) is 11.5 Å². The van der Waals surface area contributed by atoms with Crippen LogP contribution in [0.4, 0.5) is 0 Å². The largest absolute Gasteiger partial charge is 0.493 e. The highest BCUT2D eigenvalue weighted by Gasteiger charge is 2.25. The minimum absolute atomic E-state index is 0.209. The molecule has 0 fully saturated rings. The van der Waals surface area contributed by atoms with Crippen LogP contribution in [0, 0.1) is 0 Å². The summed E-state index contributed by atoms with van der Waals surface area (Å²) in [7, 11) is 3.32. The highest BCUT2D eigenvalue weighted by molar-refractivity contribution is 5.71. The smallest absolute Gasteiger partial charge is 0.319 e. The minimum atomic E-state index is -0.209. The average molecular weight is 235 g/mol. The molecule has 4 heteroatoms. The van der Waals surface area contributed by atoms with Crippen molar-refractivity contribution in [3.8, 4) is 5.75 Å². The molecular weight excluding hydrogens is 218 g/mol. The maximum absolute atomic E-state index is 11.1. The van der Waals surface area contributed by atoms with Crippen molar-refractivity contribution >= 4 is 5.97 Å². The summed E-state index contributed by atoms with van der Waals surface area (Å²) in [6.45, 7) is 1.80. The molecular formula is C13H17NO3. The quantitative estimate of drug-likeness (QED) is 0.737. The lowest BCUT2D eigenvalue weighted by molar-refractivity contribution is -0.141. The second-order valence-electron chi connectivity index (χ2n) is 4.32. The zero-order valence-corrected chi connectivity index (χ0v) is 10.2. The van der Waals surface area contributed by atoms with Crippen LogP contribution in [0.5, 0.6) is 5.75 Å². The van der Waals surface area contributed by atoms with Crippen LogP contribution in [-0.4, -0.2) is 44.7 Å². The monoisotopic (exact) mass is 235 g/mol. The predicted octanol–water partition coefficient (Wildman–Crippen LogP) is 1.27. The predicted molar refractivity (Wildman–Crippen MR) is 64.2 cm³/mol. The second-order valence-corrected chi connectivity index (χ2v) is 4.32. The summed E-state index contributed by atoms with van der Waals surface area (Å²) in [4.78, 5) is 13.1. The SMILES string of the molecule is COC(=O)CN(C)CC1COc2ccccc21. The van der Waals surface area contributed by atoms with Gasteiger partial charge < -0.3 is 9.47 Å². The molecule has 0 aliphatic carbocycles. The number of para-hydroxylation sites is 1. The Balaban J connectivity index is 1.95. The van der Waals surface area contributed by atoms with E-state index in [2.05, 4.69) is 10.8 Å². The molecule has 0 saturated carbocycles. The van der Waals surface area contributed by atoms with Crippen LogP contribution in [0.2, 0.25) is 0 Å². The number of benzene rings is 1. The molecule has 0 bridgehead atoms. The topological polar surface area (TPSA) is 38.8 Å². The van der Waals surface area contributed by atoms with Crippen LogP contribution < -0.4 is 4.74 Å². The van der Waals surface area contributed by atoms with E-state index in [1.165, 1.54) is 12.7 Å². The highest BCUT2D eigenvalue weighted by atomic mass is 16.5. The summed E-state index contributed by atoms with van der Waals surface area (Å²) >= 11 is 0. The van der Waals surface area contributed by atoms with Crippen molar-refractivity contribution in [3.63, 3.8) is 0 Å². The standard InChI is InChI=1S/C13H17NO3/c1-14(8-13(15)16-2)7-10-9-17-12-6-4-3-5-11(10)12/h3-6,10H,7-9H2,1-2H3. The third kappa shape index (κ3) is 2.77. The van der Waals surface area contributed by atoms with Crippen molar-refractivity contribution in [2.45, 2.75) is 5.92 Å². The van der Waals surface area contributed by atoms with E-state index in [0.717, 1.165) is 12.3 Å². The number of nitrogens with zero attached hydrogens (tertiary/aromatic N) is 1. The molecule has 1 aromatic carbocycles. The lowest BCUT2D eigenvalue weighted by Gasteiger charge is -2.18. The Morgan fingerprint density at radius 3 is 3.06 bits per heavy atom. The zero-order chi connectivity index (χ0) is 12.3. The number of ether oxygens (including phenoxy) is 2. The molecule has 0 spiro atoms. The van der Waals surface area contributed by atoms with Gasteiger partial charge in [0.2, 0.25) is 0 Å². The van der Waals surface area contributed by atoms with Crippen molar-refractivity contribution in [2.75, 3.05) is 33.9 Å². The van der Waals surface area contributed by atoms with Crippen molar-refractivity contribution in [3.05, 3.63) is 29.8 Å². The number of likely N-dealkylation sites (N-methyl/N-ethyl adjacent to an activating group) is 1. The fraction of sp³-hybridized carbons (Fsp3) is 0.462. The first-order chi connectivity index (χ1) is 8.20. The fourth-order valence-corrected chi connectivity index (χ4v) is 2.11. The number of fused-ring (bicyclic) bond motifs is 1. The minimum Gasteiger partial charge on any atom is -0.493 e. The van der Waals surface area contributed by atoms with Crippen molar-refractivity contribution in [1.82, 2.24) is 4.90 Å². The number of esters is 1. The molecule has 0 amide bonds. The first-order valence-corrected chi connectivity index (χ1v) is 5.68. The Labute approximate surface area is 101 Å². The molecule has 0 radical (unpaired) electrons. The van der Waals surface area contributed by atoms with E-state index in [0.29, 0.717) is 19.1 Å². The van der Waals surface area contributed by atoms with Gasteiger partial charge in [-0.3, -0.25) is 9.69 Å². The van der Waals surface area contributed by atoms with E-state index in [1.807, 2.05) is 30.1 Å². The lowest BCUT2D eigenvalue weighted by Crippen LogP contribution is -2.31. The van der Waals surface area contributed by atoms with Crippen LogP contribution in [-0.2, 0) is 9.53 Å². The van der Waals surface area contributed by atoms with Crippen molar-refractivity contribution in [1.29, 1.82) is 0 Å². The van der Waals surface area contributed by atoms with Gasteiger partial charge in [0, 0.05) is 18.0 Å². The van der Waals surface area contributed by atoms with Gasteiger partial charge in [-0.05, 0) is 13.1 Å². The molecule has 0 N–H and O–H groups in total. The van der Waals surface area contributed by atoms with E-state index in [4.69, 9.17) is 4.74 Å². The number of hydrogen-bond donors (Lipinski definition) is 0. The summed E-state index contributed by atoms with van der Waals surface area (Å²) in [5.74, 6) is 1.09. The molecule has 2 rings (SSSR count). The average Bonchev–Trinajstić information content (AvgIpc) is 2.72. The van der Waals surface area contributed by atoms with Gasteiger partial charge in [0.25, 0.3) is 0 Å². The summed E-state index contributed by atoms with van der Waals surface area (Å²) in [5.41, 5.74) is 1.23. The summed E-state index contributed by atoms with van der Waals surface area (Å²) in [5, 5.41) is 0. The number of hydrogen-bond acceptors (Lipinski definition) is 4. The van der Waals surface area contributed by atoms with Gasteiger partial charge in [0.05, 0.1) is 20.3 Å². The van der Waals surface area contributed by atoms with Crippen molar-refractivity contribution in [2.24, 2.45) is 0 Å². The molecule has 17 heavy (non-hydrogen) atoms. The Hall–Kier alpha value is -1.55. The molecule has 1 aliphatic heterocycles. The maximum Gasteiger partial charge on any atom is 0.319 e. The molecule has 4 nitrogen and oxygen atoms in total. The zero-order valence-electron chi connectivity index (χ0n) is 10.2. The van der Waals surface area contributed by atoms with E-state index >= 15 is 0 Å². The molecule has 1 unspecified atom stereocenters. The molecule has 1 aromatic rings. The van der Waals surface area contributed by atoms with Crippen LogP contribution in [0.15, 0.2) is 24.3 Å². The molecule has 0 saturated heterocycles. The number of carbonyl (C=O) groups is 1. The van der Waals surface area contributed by atoms with E-state index < -0.39 is 0 Å². The van der Waals surface area contributed by atoms with E-state index in [1.54, 1.807) is 0 Å². The maximum atomic E-state index is 11.1. The molecule has 1 atom stereocenters. The lowest BCUT2D eigenvalue weighted by atomic mass is 10.0. The number of methoxy groups -OCH3 is 1. The van der Waals surface area contributed by atoms with Crippen molar-refractivity contribution < 1.29 is 14.3 Å². The van der Waals surface area contributed by atoms with Gasteiger partial charge >= 0.3 is 5.97 Å². The first-order valence-electron chi connectivity index (χ1n) is 5.68. The molecule has 1 aliphatic rings. The molecule has 92 valence electrons. The Kier molecular flexibility index (Phi) is 3.64. The number of carbonyl (C=O) groups excluding carboxylic acids is 1. The van der Waals surface area contributed by atoms with E-state index in [-0.39, 0.29) is 5.97 Å². The summed E-state index contributed by atoms with van der Waals surface area (Å²) in [6.07, 6.45) is 0. The van der Waals surface area contributed by atoms with Gasteiger partial charge in [0.15, 0.2) is 0 Å². The van der Waals surface area contributed by atoms with Gasteiger partial charge in [0.1, 0.15) is 5.75 Å². The van der Waals surface area contributed by atoms with Gasteiger partial charge in [-0.15, -0.1) is 0 Å². The Bertz CT molecular complexity index is 405. The fourth-order valence-electron chi connectivity index (χ4n) is 2.11.